The number of hydrogen-bond donors (Lipinski definition) is 0. The number of sulfonamides is 1. The quantitative estimate of drug-likeness (QED) is 0.822. The van der Waals surface area contributed by atoms with Crippen molar-refractivity contribution >= 4 is 15.9 Å². The highest BCUT2D eigenvalue weighted by atomic mass is 32.2. The molecule has 1 saturated heterocycles. The molecule has 138 valence electrons. The van der Waals surface area contributed by atoms with E-state index in [0.29, 0.717) is 11.6 Å². The lowest BCUT2D eigenvalue weighted by atomic mass is 10.1. The number of benzene rings is 2. The highest BCUT2D eigenvalue weighted by Crippen LogP contribution is 2.22. The third kappa shape index (κ3) is 3.61. The zero-order valence-corrected chi connectivity index (χ0v) is 15.0. The fourth-order valence-electron chi connectivity index (χ4n) is 2.82. The van der Waals surface area contributed by atoms with Gasteiger partial charge in [-0.05, 0) is 37.3 Å². The molecule has 1 amide bonds. The van der Waals surface area contributed by atoms with Gasteiger partial charge in [0, 0.05) is 31.7 Å². The molecule has 0 unspecified atom stereocenters. The average molecular weight is 380 g/mol. The number of halogens is 2. The van der Waals surface area contributed by atoms with E-state index in [1.165, 1.54) is 0 Å². The summed E-state index contributed by atoms with van der Waals surface area (Å²) in [5, 5.41) is 0. The van der Waals surface area contributed by atoms with Crippen LogP contribution in [0.1, 0.15) is 15.9 Å². The van der Waals surface area contributed by atoms with Crippen LogP contribution in [0.3, 0.4) is 0 Å². The molecule has 0 N–H and O–H groups in total. The van der Waals surface area contributed by atoms with Crippen molar-refractivity contribution in [2.75, 3.05) is 26.2 Å². The molecule has 8 heteroatoms. The number of carbonyl (C=O) groups excluding carboxylic acids is 1. The lowest BCUT2D eigenvalue weighted by Gasteiger charge is -2.34. The number of hydrogen-bond acceptors (Lipinski definition) is 3. The average Bonchev–Trinajstić information content (AvgIpc) is 2.64. The molecule has 1 aliphatic rings. The number of amides is 1. The predicted molar refractivity (Wildman–Crippen MR) is 92.2 cm³/mol. The molecular weight excluding hydrogens is 362 g/mol. The number of aryl methyl sites for hydroxylation is 1. The molecule has 2 aromatic carbocycles. The molecule has 0 saturated carbocycles. The van der Waals surface area contributed by atoms with Crippen LogP contribution >= 0.6 is 0 Å². The molecule has 1 aliphatic heterocycles. The van der Waals surface area contributed by atoms with Crippen molar-refractivity contribution in [3.8, 4) is 0 Å². The summed E-state index contributed by atoms with van der Waals surface area (Å²) >= 11 is 0. The van der Waals surface area contributed by atoms with Gasteiger partial charge in [-0.2, -0.15) is 4.31 Å². The van der Waals surface area contributed by atoms with Crippen LogP contribution in [-0.4, -0.2) is 49.7 Å². The molecule has 0 aliphatic carbocycles. The van der Waals surface area contributed by atoms with Gasteiger partial charge in [-0.3, -0.25) is 4.79 Å². The Labute approximate surface area is 150 Å². The van der Waals surface area contributed by atoms with Crippen molar-refractivity contribution in [2.24, 2.45) is 0 Å². The first-order valence-electron chi connectivity index (χ1n) is 8.10. The van der Waals surface area contributed by atoms with Gasteiger partial charge in [-0.15, -0.1) is 0 Å². The largest absolute Gasteiger partial charge is 0.336 e. The first kappa shape index (κ1) is 18.5. The number of piperazine rings is 1. The Hall–Kier alpha value is -2.32. The van der Waals surface area contributed by atoms with Gasteiger partial charge in [0.2, 0.25) is 10.0 Å². The minimum atomic E-state index is -4.15. The summed E-state index contributed by atoms with van der Waals surface area (Å²) in [6.07, 6.45) is 0. The summed E-state index contributed by atoms with van der Waals surface area (Å²) in [4.78, 5) is 13.4. The molecule has 0 radical (unpaired) electrons. The molecule has 26 heavy (non-hydrogen) atoms. The van der Waals surface area contributed by atoms with Crippen LogP contribution in [-0.2, 0) is 10.0 Å². The molecule has 2 aromatic rings. The molecular formula is C18H18F2N2O3S. The maximum absolute atomic E-state index is 13.8. The van der Waals surface area contributed by atoms with Crippen LogP contribution in [0.5, 0.6) is 0 Å². The Kier molecular flexibility index (Phi) is 5.06. The van der Waals surface area contributed by atoms with E-state index in [0.717, 1.165) is 22.0 Å². The van der Waals surface area contributed by atoms with Gasteiger partial charge in [-0.1, -0.05) is 17.7 Å². The topological polar surface area (TPSA) is 57.7 Å². The predicted octanol–water partition coefficient (Wildman–Crippen LogP) is 2.42. The van der Waals surface area contributed by atoms with Crippen LogP contribution in [0.15, 0.2) is 47.4 Å². The van der Waals surface area contributed by atoms with Crippen LogP contribution < -0.4 is 0 Å². The molecule has 1 fully saturated rings. The minimum absolute atomic E-state index is 0.0237. The van der Waals surface area contributed by atoms with E-state index in [-0.39, 0.29) is 32.1 Å². The van der Waals surface area contributed by atoms with E-state index in [9.17, 15) is 22.0 Å². The number of carbonyl (C=O) groups is 1. The van der Waals surface area contributed by atoms with Crippen LogP contribution in [0.4, 0.5) is 8.78 Å². The fourth-order valence-corrected chi connectivity index (χ4v) is 4.32. The smallest absolute Gasteiger partial charge is 0.253 e. The second-order valence-electron chi connectivity index (χ2n) is 6.14. The van der Waals surface area contributed by atoms with E-state index >= 15 is 0 Å². The summed E-state index contributed by atoms with van der Waals surface area (Å²) in [5.74, 6) is -2.00. The van der Waals surface area contributed by atoms with Crippen molar-refractivity contribution in [1.82, 2.24) is 9.21 Å². The van der Waals surface area contributed by atoms with Crippen molar-refractivity contribution in [3.63, 3.8) is 0 Å². The minimum Gasteiger partial charge on any atom is -0.336 e. The molecule has 0 spiro atoms. The molecule has 0 aromatic heterocycles. The lowest BCUT2D eigenvalue weighted by molar-refractivity contribution is 0.0697. The number of nitrogens with zero attached hydrogens (tertiary/aromatic N) is 2. The molecule has 1 heterocycles. The molecule has 5 nitrogen and oxygen atoms in total. The van der Waals surface area contributed by atoms with E-state index in [1.807, 2.05) is 19.1 Å². The van der Waals surface area contributed by atoms with Crippen LogP contribution in [0.2, 0.25) is 0 Å². The number of rotatable bonds is 3. The summed E-state index contributed by atoms with van der Waals surface area (Å²) < 4.78 is 53.4. The zero-order chi connectivity index (χ0) is 18.9. The summed E-state index contributed by atoms with van der Waals surface area (Å²) in [6, 6.07) is 9.45. The monoisotopic (exact) mass is 380 g/mol. The second kappa shape index (κ2) is 7.13. The van der Waals surface area contributed by atoms with Crippen molar-refractivity contribution < 1.29 is 22.0 Å². The van der Waals surface area contributed by atoms with Crippen LogP contribution in [0, 0.1) is 18.6 Å². The van der Waals surface area contributed by atoms with Crippen LogP contribution in [0.25, 0.3) is 0 Å². The van der Waals surface area contributed by atoms with Gasteiger partial charge < -0.3 is 4.90 Å². The van der Waals surface area contributed by atoms with Gasteiger partial charge in [0.25, 0.3) is 5.91 Å². The van der Waals surface area contributed by atoms with Crippen molar-refractivity contribution in [2.45, 2.75) is 11.8 Å². The Bertz CT molecular complexity index is 922. The first-order chi connectivity index (χ1) is 12.3. The third-order valence-electron chi connectivity index (χ3n) is 4.34. The Balaban J connectivity index is 1.72. The van der Waals surface area contributed by atoms with Gasteiger partial charge >= 0.3 is 0 Å². The van der Waals surface area contributed by atoms with E-state index in [4.69, 9.17) is 0 Å². The SMILES string of the molecule is Cc1ccc(C(=O)N2CCN(S(=O)(=O)c3cc(F)ccc3F)CC2)cc1. The normalized spacial score (nSPS) is 15.9. The second-order valence-corrected chi connectivity index (χ2v) is 8.04. The van der Waals surface area contributed by atoms with Gasteiger partial charge in [0.15, 0.2) is 0 Å². The highest BCUT2D eigenvalue weighted by Gasteiger charge is 2.32. The summed E-state index contributed by atoms with van der Waals surface area (Å²) in [5.41, 5.74) is 1.57. The highest BCUT2D eigenvalue weighted by molar-refractivity contribution is 7.89. The van der Waals surface area contributed by atoms with Gasteiger partial charge in [0.1, 0.15) is 16.5 Å². The Morgan fingerprint density at radius 3 is 2.19 bits per heavy atom. The van der Waals surface area contributed by atoms with Gasteiger partial charge in [0.05, 0.1) is 0 Å². The van der Waals surface area contributed by atoms with Crippen molar-refractivity contribution in [3.05, 3.63) is 65.2 Å². The van der Waals surface area contributed by atoms with Gasteiger partial charge in [-0.25, -0.2) is 17.2 Å². The fraction of sp³-hybridized carbons (Fsp3) is 0.278. The van der Waals surface area contributed by atoms with E-state index < -0.39 is 26.6 Å². The molecule has 0 atom stereocenters. The first-order valence-corrected chi connectivity index (χ1v) is 9.54. The Morgan fingerprint density at radius 2 is 1.58 bits per heavy atom. The Morgan fingerprint density at radius 1 is 0.962 bits per heavy atom. The molecule has 3 rings (SSSR count). The van der Waals surface area contributed by atoms with E-state index in [2.05, 4.69) is 0 Å². The third-order valence-corrected chi connectivity index (χ3v) is 6.25. The lowest BCUT2D eigenvalue weighted by Crippen LogP contribution is -2.50. The van der Waals surface area contributed by atoms with Crippen molar-refractivity contribution in [1.29, 1.82) is 0 Å². The summed E-state index contributed by atoms with van der Waals surface area (Å²) in [6.45, 7) is 2.33. The maximum atomic E-state index is 13.8. The van der Waals surface area contributed by atoms with E-state index in [1.54, 1.807) is 17.0 Å². The molecule has 0 bridgehead atoms. The zero-order valence-electron chi connectivity index (χ0n) is 14.2. The standard InChI is InChI=1S/C18H18F2N2O3S/c1-13-2-4-14(5-3-13)18(23)21-8-10-22(11-9-21)26(24,25)17-12-15(19)6-7-16(17)20/h2-7,12H,8-11H2,1H3. The maximum Gasteiger partial charge on any atom is 0.253 e. The summed E-state index contributed by atoms with van der Waals surface area (Å²) in [7, 11) is -4.15.